The molecule has 36 heavy (non-hydrogen) atoms. The van der Waals surface area contributed by atoms with E-state index < -0.39 is 71.5 Å². The van der Waals surface area contributed by atoms with Crippen molar-refractivity contribution in [3.63, 3.8) is 0 Å². The number of nitrogens with two attached hydrogens (primary N) is 1. The summed E-state index contributed by atoms with van der Waals surface area (Å²) in [6.45, 7) is 2.80. The van der Waals surface area contributed by atoms with Crippen LogP contribution in [0.4, 0.5) is 0 Å². The van der Waals surface area contributed by atoms with Gasteiger partial charge in [-0.15, -0.1) is 0 Å². The zero-order valence-electron chi connectivity index (χ0n) is 19.7. The summed E-state index contributed by atoms with van der Waals surface area (Å²) in [6, 6.07) is 5.40. The molecule has 0 saturated carbocycles. The second kappa shape index (κ2) is 8.46. The maximum atomic E-state index is 13.3. The van der Waals surface area contributed by atoms with Gasteiger partial charge >= 0.3 is 0 Å². The minimum atomic E-state index is -1.97. The molecular weight excluding hydrogens is 470 g/mol. The number of Topliss-reactive ketones (excluding diaryl/α,β-unsaturated/α-hetero) is 1. The van der Waals surface area contributed by atoms with Gasteiger partial charge in [0.25, 0.3) is 0 Å². The Morgan fingerprint density at radius 2 is 1.69 bits per heavy atom. The molecule has 0 amide bonds. The Bertz CT molecular complexity index is 1290. The number of aliphatic hydroxyl groups is 2. The van der Waals surface area contributed by atoms with Crippen molar-refractivity contribution >= 4 is 17.3 Å². The molecule has 10 nitrogen and oxygen atoms in total. The van der Waals surface area contributed by atoms with Crippen LogP contribution in [0.25, 0.3) is 0 Å². The van der Waals surface area contributed by atoms with Gasteiger partial charge in [0.15, 0.2) is 23.6 Å². The summed E-state index contributed by atoms with van der Waals surface area (Å²) in [6.07, 6.45) is -4.38. The molecule has 6 N–H and O–H groups in total. The Labute approximate surface area is 206 Å². The number of aliphatic hydroxyl groups excluding tert-OH is 1. The highest BCUT2D eigenvalue weighted by Gasteiger charge is 2.49. The fourth-order valence-corrected chi connectivity index (χ4v) is 5.42. The van der Waals surface area contributed by atoms with Crippen molar-refractivity contribution in [2.75, 3.05) is 0 Å². The molecule has 0 spiro atoms. The topological polar surface area (TPSA) is 177 Å². The van der Waals surface area contributed by atoms with Crippen molar-refractivity contribution in [3.05, 3.63) is 57.6 Å². The number of carbonyl (C=O) groups excluding carboxylic acids is 3. The molecule has 3 aliphatic rings. The molecule has 0 bridgehead atoms. The van der Waals surface area contributed by atoms with Crippen LogP contribution in [0.5, 0.6) is 11.5 Å². The van der Waals surface area contributed by atoms with Crippen LogP contribution >= 0.6 is 0 Å². The van der Waals surface area contributed by atoms with Gasteiger partial charge < -0.3 is 35.6 Å². The lowest BCUT2D eigenvalue weighted by molar-refractivity contribution is -0.247. The fraction of sp³-hybridized carbons (Fsp3) is 0.423. The second-order valence-corrected chi connectivity index (χ2v) is 9.80. The van der Waals surface area contributed by atoms with Crippen molar-refractivity contribution in [2.24, 2.45) is 5.73 Å². The smallest absolute Gasteiger partial charge is 0.198 e. The first-order chi connectivity index (χ1) is 16.9. The first kappa shape index (κ1) is 24.5. The summed E-state index contributed by atoms with van der Waals surface area (Å²) in [5, 5.41) is 43.8. The zero-order valence-corrected chi connectivity index (χ0v) is 19.7. The number of rotatable bonds is 3. The molecule has 0 radical (unpaired) electrons. The van der Waals surface area contributed by atoms with Crippen molar-refractivity contribution in [1.82, 2.24) is 0 Å². The molecule has 2 aliphatic carbocycles. The minimum absolute atomic E-state index is 0.00588. The molecular formula is C26H27NO9. The first-order valence-electron chi connectivity index (χ1n) is 11.7. The van der Waals surface area contributed by atoms with Gasteiger partial charge in [0.05, 0.1) is 29.4 Å². The Morgan fingerprint density at radius 3 is 2.25 bits per heavy atom. The van der Waals surface area contributed by atoms with Crippen LogP contribution in [0, 0.1) is 0 Å². The van der Waals surface area contributed by atoms with Crippen LogP contribution in [-0.4, -0.2) is 67.9 Å². The molecule has 1 fully saturated rings. The van der Waals surface area contributed by atoms with Crippen molar-refractivity contribution in [3.8, 4) is 11.5 Å². The van der Waals surface area contributed by atoms with Crippen LogP contribution in [-0.2, 0) is 20.7 Å². The molecule has 5 rings (SSSR count). The van der Waals surface area contributed by atoms with Crippen LogP contribution in [0.1, 0.15) is 75.8 Å². The lowest BCUT2D eigenvalue weighted by atomic mass is 9.72. The highest BCUT2D eigenvalue weighted by atomic mass is 16.7. The maximum Gasteiger partial charge on any atom is 0.198 e. The number of carbonyl (C=O) groups is 3. The summed E-state index contributed by atoms with van der Waals surface area (Å²) in [5.41, 5.74) is 3.38. The first-order valence-corrected chi connectivity index (χ1v) is 11.7. The SMILES string of the molecule is CC(=O)C1(O)Cc2c(O)c3c(c(O)c2C(O[C@H]2C[C@H](N)[C@H](O)C(C)O2)C1)C(=O)c1ccccc1C3=O. The largest absolute Gasteiger partial charge is 0.507 e. The lowest BCUT2D eigenvalue weighted by Gasteiger charge is -2.42. The Kier molecular flexibility index (Phi) is 5.77. The number of phenols is 2. The zero-order chi connectivity index (χ0) is 26.1. The third-order valence-electron chi connectivity index (χ3n) is 7.50. The molecule has 1 saturated heterocycles. The van der Waals surface area contributed by atoms with E-state index in [9.17, 15) is 34.8 Å². The second-order valence-electron chi connectivity index (χ2n) is 9.80. The van der Waals surface area contributed by atoms with Gasteiger partial charge in [-0.05, 0) is 13.8 Å². The molecule has 1 heterocycles. The lowest BCUT2D eigenvalue weighted by Crippen LogP contribution is -2.52. The summed E-state index contributed by atoms with van der Waals surface area (Å²) in [5.74, 6) is -3.06. The molecule has 190 valence electrons. The molecule has 2 aromatic carbocycles. The van der Waals surface area contributed by atoms with E-state index in [-0.39, 0.29) is 46.2 Å². The molecule has 0 aromatic heterocycles. The van der Waals surface area contributed by atoms with E-state index in [0.29, 0.717) is 0 Å². The third-order valence-corrected chi connectivity index (χ3v) is 7.50. The predicted molar refractivity (Wildman–Crippen MR) is 124 cm³/mol. The van der Waals surface area contributed by atoms with Crippen molar-refractivity contribution in [1.29, 1.82) is 0 Å². The molecule has 6 atom stereocenters. The quantitative estimate of drug-likeness (QED) is 0.328. The summed E-state index contributed by atoms with van der Waals surface area (Å²) in [4.78, 5) is 39.0. The van der Waals surface area contributed by atoms with E-state index in [2.05, 4.69) is 0 Å². The van der Waals surface area contributed by atoms with E-state index in [0.717, 1.165) is 0 Å². The molecule has 3 unspecified atom stereocenters. The Morgan fingerprint density at radius 1 is 1.11 bits per heavy atom. The minimum Gasteiger partial charge on any atom is -0.507 e. The van der Waals surface area contributed by atoms with E-state index in [1.807, 2.05) is 0 Å². The highest BCUT2D eigenvalue weighted by molar-refractivity contribution is 6.30. The number of hydrogen-bond donors (Lipinski definition) is 5. The predicted octanol–water partition coefficient (Wildman–Crippen LogP) is 1.02. The van der Waals surface area contributed by atoms with Crippen LogP contribution in [0.15, 0.2) is 24.3 Å². The molecule has 1 aliphatic heterocycles. The van der Waals surface area contributed by atoms with E-state index in [4.69, 9.17) is 15.2 Å². The Balaban J connectivity index is 1.66. The van der Waals surface area contributed by atoms with E-state index in [1.54, 1.807) is 19.1 Å². The Hall–Kier alpha value is -3.15. The molecule has 10 heteroatoms. The summed E-state index contributed by atoms with van der Waals surface area (Å²) >= 11 is 0. The summed E-state index contributed by atoms with van der Waals surface area (Å²) in [7, 11) is 0. The highest BCUT2D eigenvalue weighted by Crippen LogP contribution is 2.51. The normalized spacial score (nSPS) is 31.4. The number of fused-ring (bicyclic) bond motifs is 3. The fourth-order valence-electron chi connectivity index (χ4n) is 5.42. The van der Waals surface area contributed by atoms with Gasteiger partial charge in [-0.2, -0.15) is 0 Å². The van der Waals surface area contributed by atoms with E-state index >= 15 is 0 Å². The van der Waals surface area contributed by atoms with Crippen LogP contribution < -0.4 is 5.73 Å². The summed E-state index contributed by atoms with van der Waals surface area (Å²) < 4.78 is 11.8. The van der Waals surface area contributed by atoms with Gasteiger partial charge in [0, 0.05) is 47.6 Å². The van der Waals surface area contributed by atoms with Crippen molar-refractivity contribution < 1.29 is 44.3 Å². The third kappa shape index (κ3) is 3.56. The molecule has 2 aromatic rings. The number of aromatic hydroxyl groups is 2. The monoisotopic (exact) mass is 497 g/mol. The number of ketones is 3. The number of benzene rings is 2. The standard InChI is InChI=1S/C26H27NO9/c1-10-21(29)15(27)7-17(35-10)36-16-9-26(34,11(2)28)8-14-18(16)25(33)20-19(24(14)32)22(30)12-5-3-4-6-13(12)23(20)31/h3-6,10,15-17,21,29,32-34H,7-9,27H2,1-2H3/t10?,15-,16?,17-,21+,26?/m0/s1. The number of ether oxygens (including phenoxy) is 2. The van der Waals surface area contributed by atoms with Gasteiger partial charge in [0.1, 0.15) is 17.1 Å². The van der Waals surface area contributed by atoms with Gasteiger partial charge in [-0.1, -0.05) is 24.3 Å². The average Bonchev–Trinajstić information content (AvgIpc) is 2.82. The number of hydrogen-bond acceptors (Lipinski definition) is 10. The van der Waals surface area contributed by atoms with Crippen LogP contribution in [0.2, 0.25) is 0 Å². The van der Waals surface area contributed by atoms with Gasteiger partial charge in [-0.3, -0.25) is 14.4 Å². The maximum absolute atomic E-state index is 13.3. The van der Waals surface area contributed by atoms with Crippen LogP contribution in [0.3, 0.4) is 0 Å². The van der Waals surface area contributed by atoms with Crippen molar-refractivity contribution in [2.45, 2.75) is 69.4 Å². The van der Waals surface area contributed by atoms with E-state index in [1.165, 1.54) is 19.1 Å². The van der Waals surface area contributed by atoms with Gasteiger partial charge in [-0.25, -0.2) is 0 Å². The average molecular weight is 498 g/mol. The van der Waals surface area contributed by atoms with Gasteiger partial charge in [0.2, 0.25) is 0 Å². The number of phenolic OH excluding ortho intramolecular Hbond substituents is 2.